The predicted octanol–water partition coefficient (Wildman–Crippen LogP) is 1.05. The van der Waals surface area contributed by atoms with Crippen LogP contribution in [0.25, 0.3) is 0 Å². The quantitative estimate of drug-likeness (QED) is 0.514. The van der Waals surface area contributed by atoms with Crippen LogP contribution in [0, 0.1) is 0 Å². The Morgan fingerprint density at radius 2 is 1.83 bits per heavy atom. The van der Waals surface area contributed by atoms with Crippen molar-refractivity contribution >= 4 is 12.4 Å². The van der Waals surface area contributed by atoms with Crippen LogP contribution in [-0.2, 0) is 9.53 Å². The molecule has 1 rings (SSSR count). The molecule has 0 aromatic rings. The highest BCUT2D eigenvalue weighted by molar-refractivity contribution is 5.67. The summed E-state index contributed by atoms with van der Waals surface area (Å²) in [5.41, 5.74) is 0. The van der Waals surface area contributed by atoms with Gasteiger partial charge >= 0.3 is 6.09 Å². The van der Waals surface area contributed by atoms with Crippen LogP contribution in [0.3, 0.4) is 0 Å². The Labute approximate surface area is 72.5 Å². The minimum Gasteiger partial charge on any atom is -0.453 e. The molecule has 4 nitrogen and oxygen atoms in total. The lowest BCUT2D eigenvalue weighted by Gasteiger charge is -2.11. The molecule has 70 valence electrons. The van der Waals surface area contributed by atoms with Gasteiger partial charge in [-0.05, 0) is 19.8 Å². The van der Waals surface area contributed by atoms with Gasteiger partial charge in [-0.1, -0.05) is 0 Å². The molecule has 0 radical (unpaired) electrons. The average Bonchev–Trinajstić information content (AvgIpc) is 2.56. The van der Waals surface area contributed by atoms with E-state index in [1.807, 2.05) is 0 Å². The maximum Gasteiger partial charge on any atom is 0.409 e. The van der Waals surface area contributed by atoms with E-state index in [-0.39, 0.29) is 6.09 Å². The van der Waals surface area contributed by atoms with Crippen LogP contribution in [0.2, 0.25) is 0 Å². The highest BCUT2D eigenvalue weighted by atomic mass is 16.5. The molecule has 0 unspecified atom stereocenters. The maximum atomic E-state index is 10.7. The summed E-state index contributed by atoms with van der Waals surface area (Å²) in [6, 6.07) is 0. The van der Waals surface area contributed by atoms with Crippen LogP contribution in [0.15, 0.2) is 0 Å². The van der Waals surface area contributed by atoms with Crippen LogP contribution in [0.5, 0.6) is 0 Å². The van der Waals surface area contributed by atoms with E-state index in [4.69, 9.17) is 4.79 Å². The Balaban J connectivity index is 0.000000354. The molecule has 0 bridgehead atoms. The molecule has 1 aliphatic heterocycles. The van der Waals surface area contributed by atoms with Crippen molar-refractivity contribution in [2.45, 2.75) is 19.8 Å². The molecule has 0 aromatic heterocycles. The number of ether oxygens (including phenoxy) is 1. The number of carbonyl (C=O) groups is 2. The summed E-state index contributed by atoms with van der Waals surface area (Å²) < 4.78 is 4.52. The number of nitrogens with zero attached hydrogens (tertiary/aromatic N) is 1. The van der Waals surface area contributed by atoms with Crippen molar-refractivity contribution in [3.63, 3.8) is 0 Å². The lowest BCUT2D eigenvalue weighted by Crippen LogP contribution is -2.27. The minimum atomic E-state index is -0.187. The van der Waals surface area contributed by atoms with E-state index in [9.17, 15) is 4.79 Å². The molecular formula is C8H15NO3. The number of methoxy groups -OCH3 is 1. The van der Waals surface area contributed by atoms with Gasteiger partial charge in [-0.2, -0.15) is 0 Å². The summed E-state index contributed by atoms with van der Waals surface area (Å²) in [6.07, 6.45) is 2.80. The fourth-order valence-corrected chi connectivity index (χ4v) is 1.03. The zero-order chi connectivity index (χ0) is 9.40. The van der Waals surface area contributed by atoms with Gasteiger partial charge in [0.15, 0.2) is 0 Å². The molecule has 0 aromatic carbocycles. The summed E-state index contributed by atoms with van der Waals surface area (Å²) >= 11 is 0. The van der Waals surface area contributed by atoms with E-state index in [2.05, 4.69) is 4.74 Å². The van der Waals surface area contributed by atoms with Crippen molar-refractivity contribution in [3.8, 4) is 0 Å². The number of carbonyl (C=O) groups excluding carboxylic acids is 2. The van der Waals surface area contributed by atoms with E-state index in [0.29, 0.717) is 0 Å². The Morgan fingerprint density at radius 1 is 1.42 bits per heavy atom. The first-order valence-corrected chi connectivity index (χ1v) is 3.99. The fourth-order valence-electron chi connectivity index (χ4n) is 1.03. The molecule has 1 saturated heterocycles. The van der Waals surface area contributed by atoms with Crippen molar-refractivity contribution in [3.05, 3.63) is 0 Å². The van der Waals surface area contributed by atoms with Crippen molar-refractivity contribution < 1.29 is 14.3 Å². The molecule has 0 spiro atoms. The van der Waals surface area contributed by atoms with Crippen LogP contribution < -0.4 is 0 Å². The van der Waals surface area contributed by atoms with Gasteiger partial charge in [0, 0.05) is 13.1 Å². The Hall–Kier alpha value is -1.06. The van der Waals surface area contributed by atoms with Gasteiger partial charge in [-0.3, -0.25) is 0 Å². The number of aldehydes is 1. The minimum absolute atomic E-state index is 0.187. The van der Waals surface area contributed by atoms with Crippen molar-refractivity contribution in [1.82, 2.24) is 4.90 Å². The molecule has 0 N–H and O–H groups in total. The summed E-state index contributed by atoms with van der Waals surface area (Å²) in [6.45, 7) is 3.18. The smallest absolute Gasteiger partial charge is 0.409 e. The Kier molecular flexibility index (Phi) is 6.05. The van der Waals surface area contributed by atoms with Gasteiger partial charge in [-0.15, -0.1) is 0 Å². The molecular weight excluding hydrogens is 158 g/mol. The van der Waals surface area contributed by atoms with Crippen LogP contribution in [-0.4, -0.2) is 37.5 Å². The molecule has 1 fully saturated rings. The van der Waals surface area contributed by atoms with Gasteiger partial charge in [0.2, 0.25) is 0 Å². The molecule has 0 aliphatic carbocycles. The second-order valence-electron chi connectivity index (χ2n) is 2.40. The van der Waals surface area contributed by atoms with Gasteiger partial charge in [0.05, 0.1) is 7.11 Å². The third kappa shape index (κ3) is 3.95. The second-order valence-corrected chi connectivity index (χ2v) is 2.40. The summed E-state index contributed by atoms with van der Waals surface area (Å²) in [5, 5.41) is 0. The highest BCUT2D eigenvalue weighted by Gasteiger charge is 2.17. The maximum absolute atomic E-state index is 10.7. The molecule has 12 heavy (non-hydrogen) atoms. The topological polar surface area (TPSA) is 46.6 Å². The number of hydrogen-bond acceptors (Lipinski definition) is 3. The third-order valence-corrected chi connectivity index (χ3v) is 1.54. The van der Waals surface area contributed by atoms with Crippen molar-refractivity contribution in [1.29, 1.82) is 0 Å². The predicted molar refractivity (Wildman–Crippen MR) is 45.0 cm³/mol. The Morgan fingerprint density at radius 3 is 2.17 bits per heavy atom. The van der Waals surface area contributed by atoms with Crippen molar-refractivity contribution in [2.75, 3.05) is 20.2 Å². The van der Waals surface area contributed by atoms with E-state index in [0.717, 1.165) is 32.2 Å². The first kappa shape index (κ1) is 10.9. The molecule has 0 saturated carbocycles. The Bertz CT molecular complexity index is 141. The number of amides is 1. The summed E-state index contributed by atoms with van der Waals surface area (Å²) in [7, 11) is 1.42. The molecule has 4 heteroatoms. The van der Waals surface area contributed by atoms with Crippen LogP contribution in [0.1, 0.15) is 19.8 Å². The summed E-state index contributed by atoms with van der Waals surface area (Å²) in [5.74, 6) is 0. The molecule has 1 heterocycles. The number of rotatable bonds is 0. The van der Waals surface area contributed by atoms with Crippen LogP contribution >= 0.6 is 0 Å². The van der Waals surface area contributed by atoms with Gasteiger partial charge in [-0.25, -0.2) is 4.79 Å². The largest absolute Gasteiger partial charge is 0.453 e. The SMILES string of the molecule is CC=O.COC(=O)N1CCCC1. The zero-order valence-corrected chi connectivity index (χ0v) is 7.58. The van der Waals surface area contributed by atoms with Gasteiger partial charge < -0.3 is 14.4 Å². The van der Waals surface area contributed by atoms with E-state index >= 15 is 0 Å². The van der Waals surface area contributed by atoms with E-state index < -0.39 is 0 Å². The van der Waals surface area contributed by atoms with E-state index in [1.165, 1.54) is 14.0 Å². The molecule has 0 atom stereocenters. The first-order valence-electron chi connectivity index (χ1n) is 3.99. The average molecular weight is 173 g/mol. The molecule has 1 amide bonds. The first-order chi connectivity index (χ1) is 5.76. The fraction of sp³-hybridized carbons (Fsp3) is 0.750. The third-order valence-electron chi connectivity index (χ3n) is 1.54. The number of hydrogen-bond donors (Lipinski definition) is 0. The lowest BCUT2D eigenvalue weighted by atomic mass is 10.4. The second kappa shape index (κ2) is 6.64. The number of likely N-dealkylation sites (tertiary alicyclic amines) is 1. The lowest BCUT2D eigenvalue weighted by molar-refractivity contribution is -0.106. The zero-order valence-electron chi connectivity index (χ0n) is 7.58. The standard InChI is InChI=1S/C6H11NO2.C2H4O/c1-9-6(8)7-4-2-3-5-7;1-2-3/h2-5H2,1H3;2H,1H3. The monoisotopic (exact) mass is 173 g/mol. The van der Waals surface area contributed by atoms with Gasteiger partial charge in [0.25, 0.3) is 0 Å². The molecule has 1 aliphatic rings. The highest BCUT2D eigenvalue weighted by Crippen LogP contribution is 2.07. The normalized spacial score (nSPS) is 14.7. The van der Waals surface area contributed by atoms with Gasteiger partial charge in [0.1, 0.15) is 6.29 Å². The van der Waals surface area contributed by atoms with Crippen molar-refractivity contribution in [2.24, 2.45) is 0 Å². The van der Waals surface area contributed by atoms with E-state index in [1.54, 1.807) is 4.90 Å². The summed E-state index contributed by atoms with van der Waals surface area (Å²) in [4.78, 5) is 21.2. The van der Waals surface area contributed by atoms with Crippen LogP contribution in [0.4, 0.5) is 4.79 Å².